The predicted molar refractivity (Wildman–Crippen MR) is 97.0 cm³/mol. The molecule has 1 unspecified atom stereocenters. The molecule has 1 aromatic carbocycles. The number of hydrogen-bond acceptors (Lipinski definition) is 4. The van der Waals surface area contributed by atoms with Crippen LogP contribution in [-0.2, 0) is 11.3 Å². The quantitative estimate of drug-likeness (QED) is 0.923. The van der Waals surface area contributed by atoms with E-state index in [1.54, 1.807) is 6.20 Å². The monoisotopic (exact) mass is 341 g/mol. The van der Waals surface area contributed by atoms with Crippen molar-refractivity contribution < 1.29 is 9.53 Å². The molecule has 2 heterocycles. The SMILES string of the molecule is COc1c[nH]c(CN2CC(=O)N(c3ccc(C)cc3)CC2C)cc1=O. The van der Waals surface area contributed by atoms with Crippen molar-refractivity contribution in [2.75, 3.05) is 25.1 Å². The van der Waals surface area contributed by atoms with Gasteiger partial charge in [-0.15, -0.1) is 0 Å². The van der Waals surface area contributed by atoms with E-state index in [2.05, 4.69) is 16.8 Å². The third kappa shape index (κ3) is 3.74. The summed E-state index contributed by atoms with van der Waals surface area (Å²) < 4.78 is 4.98. The van der Waals surface area contributed by atoms with Gasteiger partial charge in [0.05, 0.1) is 13.7 Å². The molecule has 1 fully saturated rings. The Morgan fingerprint density at radius 2 is 1.96 bits per heavy atom. The van der Waals surface area contributed by atoms with E-state index in [9.17, 15) is 9.59 Å². The topological polar surface area (TPSA) is 65.6 Å². The summed E-state index contributed by atoms with van der Waals surface area (Å²) in [7, 11) is 1.47. The number of carbonyl (C=O) groups is 1. The van der Waals surface area contributed by atoms with Gasteiger partial charge in [-0.1, -0.05) is 17.7 Å². The number of anilines is 1. The van der Waals surface area contributed by atoms with Gasteiger partial charge in [0.25, 0.3) is 0 Å². The second-order valence-corrected chi connectivity index (χ2v) is 6.48. The molecule has 0 aliphatic carbocycles. The molecule has 25 heavy (non-hydrogen) atoms. The molecule has 0 bridgehead atoms. The molecular weight excluding hydrogens is 318 g/mol. The lowest BCUT2D eigenvalue weighted by molar-refractivity contribution is -0.122. The number of aromatic amines is 1. The van der Waals surface area contributed by atoms with Gasteiger partial charge in [-0.25, -0.2) is 0 Å². The molecular formula is C19H23N3O3. The Morgan fingerprint density at radius 1 is 1.24 bits per heavy atom. The highest BCUT2D eigenvalue weighted by atomic mass is 16.5. The molecule has 1 amide bonds. The maximum atomic E-state index is 12.6. The van der Waals surface area contributed by atoms with Crippen molar-refractivity contribution >= 4 is 11.6 Å². The highest BCUT2D eigenvalue weighted by Crippen LogP contribution is 2.21. The summed E-state index contributed by atoms with van der Waals surface area (Å²) >= 11 is 0. The molecule has 3 rings (SSSR count). The maximum absolute atomic E-state index is 12.6. The number of benzene rings is 1. The lowest BCUT2D eigenvalue weighted by Crippen LogP contribution is -2.55. The van der Waals surface area contributed by atoms with Crippen LogP contribution in [0, 0.1) is 6.92 Å². The van der Waals surface area contributed by atoms with E-state index in [0.29, 0.717) is 19.6 Å². The summed E-state index contributed by atoms with van der Waals surface area (Å²) in [6.45, 7) is 5.59. The Labute approximate surface area is 147 Å². The van der Waals surface area contributed by atoms with Crippen LogP contribution in [-0.4, -0.2) is 42.0 Å². The molecule has 6 heteroatoms. The number of rotatable bonds is 4. The Hall–Kier alpha value is -2.60. The molecule has 1 saturated heterocycles. The fraction of sp³-hybridized carbons (Fsp3) is 0.368. The zero-order valence-corrected chi connectivity index (χ0v) is 14.8. The zero-order chi connectivity index (χ0) is 18.0. The van der Waals surface area contributed by atoms with Crippen LogP contribution >= 0.6 is 0 Å². The first-order valence-corrected chi connectivity index (χ1v) is 8.34. The number of piperazine rings is 1. The van der Waals surface area contributed by atoms with E-state index >= 15 is 0 Å². The number of pyridine rings is 1. The van der Waals surface area contributed by atoms with Gasteiger partial charge in [0.15, 0.2) is 5.75 Å². The lowest BCUT2D eigenvalue weighted by Gasteiger charge is -2.39. The minimum absolute atomic E-state index is 0.0674. The molecule has 2 aromatic rings. The largest absolute Gasteiger partial charge is 0.491 e. The van der Waals surface area contributed by atoms with Crippen molar-refractivity contribution in [3.63, 3.8) is 0 Å². The number of hydrogen-bond donors (Lipinski definition) is 1. The molecule has 0 spiro atoms. The second kappa shape index (κ2) is 7.11. The van der Waals surface area contributed by atoms with Crippen molar-refractivity contribution in [3.8, 4) is 5.75 Å². The van der Waals surface area contributed by atoms with Crippen molar-refractivity contribution in [2.45, 2.75) is 26.4 Å². The first-order valence-electron chi connectivity index (χ1n) is 8.34. The first kappa shape index (κ1) is 17.2. The van der Waals surface area contributed by atoms with Crippen molar-refractivity contribution in [1.82, 2.24) is 9.88 Å². The molecule has 1 aliphatic heterocycles. The van der Waals surface area contributed by atoms with Crippen LogP contribution in [0.2, 0.25) is 0 Å². The number of methoxy groups -OCH3 is 1. The average molecular weight is 341 g/mol. The molecule has 6 nitrogen and oxygen atoms in total. The highest BCUT2D eigenvalue weighted by Gasteiger charge is 2.30. The standard InChI is InChI=1S/C19H23N3O3/c1-13-4-6-16(7-5-13)22-10-14(2)21(12-19(22)24)11-15-8-17(23)18(25-3)9-20-15/h4-9,14H,10-12H2,1-3H3,(H,20,23). The van der Waals surface area contributed by atoms with Gasteiger partial charge in [-0.2, -0.15) is 0 Å². The minimum atomic E-state index is -0.159. The molecule has 1 aromatic heterocycles. The van der Waals surface area contributed by atoms with E-state index in [1.807, 2.05) is 36.1 Å². The number of carbonyl (C=O) groups excluding carboxylic acids is 1. The highest BCUT2D eigenvalue weighted by molar-refractivity contribution is 5.95. The summed E-state index contributed by atoms with van der Waals surface area (Å²) in [6, 6.07) is 9.71. The number of nitrogens with zero attached hydrogens (tertiary/aromatic N) is 2. The van der Waals surface area contributed by atoms with Crippen LogP contribution in [0.1, 0.15) is 18.2 Å². The van der Waals surface area contributed by atoms with Gasteiger partial charge < -0.3 is 14.6 Å². The first-order chi connectivity index (χ1) is 12.0. The van der Waals surface area contributed by atoms with Crippen LogP contribution in [0.4, 0.5) is 5.69 Å². The number of nitrogens with one attached hydrogen (secondary N) is 1. The van der Waals surface area contributed by atoms with Crippen LogP contribution < -0.4 is 15.1 Å². The van der Waals surface area contributed by atoms with Crippen molar-refractivity contribution in [2.24, 2.45) is 0 Å². The normalized spacial score (nSPS) is 18.4. The maximum Gasteiger partial charge on any atom is 0.241 e. The number of aromatic nitrogens is 1. The van der Waals surface area contributed by atoms with E-state index in [4.69, 9.17) is 4.74 Å². The van der Waals surface area contributed by atoms with Crippen molar-refractivity contribution in [3.05, 3.63) is 58.0 Å². The van der Waals surface area contributed by atoms with Crippen LogP contribution in [0.15, 0.2) is 41.3 Å². The molecule has 1 aliphatic rings. The van der Waals surface area contributed by atoms with Gasteiger partial charge in [-0.3, -0.25) is 14.5 Å². The summed E-state index contributed by atoms with van der Waals surface area (Å²) in [5.74, 6) is 0.356. The number of H-pyrrole nitrogens is 1. The van der Waals surface area contributed by atoms with E-state index < -0.39 is 0 Å². The lowest BCUT2D eigenvalue weighted by atomic mass is 10.1. The average Bonchev–Trinajstić information content (AvgIpc) is 2.59. The van der Waals surface area contributed by atoms with Gasteiger partial charge >= 0.3 is 0 Å². The summed E-state index contributed by atoms with van der Waals surface area (Å²) in [4.78, 5) is 31.4. The smallest absolute Gasteiger partial charge is 0.241 e. The van der Waals surface area contributed by atoms with E-state index in [-0.39, 0.29) is 23.1 Å². The van der Waals surface area contributed by atoms with Gasteiger partial charge in [-0.05, 0) is 26.0 Å². The summed E-state index contributed by atoms with van der Waals surface area (Å²) in [6.07, 6.45) is 1.56. The Kier molecular flexibility index (Phi) is 4.90. The van der Waals surface area contributed by atoms with Crippen LogP contribution in [0.3, 0.4) is 0 Å². The van der Waals surface area contributed by atoms with Gasteiger partial charge in [0, 0.05) is 42.8 Å². The van der Waals surface area contributed by atoms with Crippen LogP contribution in [0.5, 0.6) is 5.75 Å². The predicted octanol–water partition coefficient (Wildman–Crippen LogP) is 1.93. The van der Waals surface area contributed by atoms with Gasteiger partial charge in [0.1, 0.15) is 0 Å². The zero-order valence-electron chi connectivity index (χ0n) is 14.8. The van der Waals surface area contributed by atoms with Crippen molar-refractivity contribution in [1.29, 1.82) is 0 Å². The third-order valence-corrected chi connectivity index (χ3v) is 4.59. The molecule has 0 saturated carbocycles. The second-order valence-electron chi connectivity index (χ2n) is 6.48. The Bertz CT molecular complexity index is 813. The fourth-order valence-electron chi connectivity index (χ4n) is 3.05. The fourth-order valence-corrected chi connectivity index (χ4v) is 3.05. The van der Waals surface area contributed by atoms with Gasteiger partial charge in [0.2, 0.25) is 11.3 Å². The van der Waals surface area contributed by atoms with E-state index in [0.717, 1.165) is 11.4 Å². The minimum Gasteiger partial charge on any atom is -0.491 e. The number of amides is 1. The van der Waals surface area contributed by atoms with E-state index in [1.165, 1.54) is 18.7 Å². The number of aryl methyl sites for hydroxylation is 1. The summed E-state index contributed by atoms with van der Waals surface area (Å²) in [5, 5.41) is 0. The molecule has 1 N–H and O–H groups in total. The third-order valence-electron chi connectivity index (χ3n) is 4.59. The Balaban J connectivity index is 1.72. The molecule has 1 atom stereocenters. The molecule has 132 valence electrons. The Morgan fingerprint density at radius 3 is 2.60 bits per heavy atom. The molecule has 0 radical (unpaired) electrons. The number of ether oxygens (including phenoxy) is 1. The summed E-state index contributed by atoms with van der Waals surface area (Å²) in [5.41, 5.74) is 2.72. The van der Waals surface area contributed by atoms with Crippen LogP contribution in [0.25, 0.3) is 0 Å².